The number of hydrogen-bond donors (Lipinski definition) is 1. The van der Waals surface area contributed by atoms with E-state index in [1.165, 1.54) is 19.3 Å². The van der Waals surface area contributed by atoms with Gasteiger partial charge in [0.15, 0.2) is 17.3 Å². The van der Waals surface area contributed by atoms with Crippen LogP contribution in [0.25, 0.3) is 0 Å². The highest BCUT2D eigenvalue weighted by atomic mass is 35.5. The van der Waals surface area contributed by atoms with E-state index in [1.54, 1.807) is 18.0 Å². The molecule has 0 saturated heterocycles. The van der Waals surface area contributed by atoms with Gasteiger partial charge in [0.05, 0.1) is 13.3 Å². The van der Waals surface area contributed by atoms with Crippen molar-refractivity contribution >= 4 is 30.0 Å². The lowest BCUT2D eigenvalue weighted by Gasteiger charge is -2.19. The zero-order valence-corrected chi connectivity index (χ0v) is 19.0. The zero-order chi connectivity index (χ0) is 21.6. The highest BCUT2D eigenvalue weighted by Crippen LogP contribution is 2.32. The molecule has 0 unspecified atom stereocenters. The van der Waals surface area contributed by atoms with Crippen LogP contribution in [-0.2, 0) is 6.61 Å². The second-order valence-corrected chi connectivity index (χ2v) is 8.43. The lowest BCUT2D eigenvalue weighted by Crippen LogP contribution is -2.10. The van der Waals surface area contributed by atoms with Gasteiger partial charge in [0.2, 0.25) is 4.77 Å². The molecule has 1 aliphatic rings. The van der Waals surface area contributed by atoms with Crippen LogP contribution in [0.5, 0.6) is 11.5 Å². The molecule has 1 aromatic heterocycles. The zero-order valence-electron chi connectivity index (χ0n) is 17.4. The van der Waals surface area contributed by atoms with Gasteiger partial charge in [-0.3, -0.25) is 5.10 Å². The van der Waals surface area contributed by atoms with E-state index in [9.17, 15) is 0 Å². The third-order valence-electron chi connectivity index (χ3n) is 5.44. The molecule has 1 fully saturated rings. The number of nitrogens with zero attached hydrogens (tertiary/aromatic N) is 3. The van der Waals surface area contributed by atoms with Crippen LogP contribution in [0.3, 0.4) is 0 Å². The minimum Gasteiger partial charge on any atom is -0.493 e. The van der Waals surface area contributed by atoms with Gasteiger partial charge < -0.3 is 9.47 Å². The summed E-state index contributed by atoms with van der Waals surface area (Å²) in [6.45, 7) is 0.402. The Morgan fingerprint density at radius 2 is 2.03 bits per heavy atom. The van der Waals surface area contributed by atoms with Crippen molar-refractivity contribution in [3.63, 3.8) is 0 Å². The molecule has 0 spiro atoms. The van der Waals surface area contributed by atoms with E-state index in [1.807, 2.05) is 42.5 Å². The number of rotatable bonds is 7. The second-order valence-electron chi connectivity index (χ2n) is 7.61. The van der Waals surface area contributed by atoms with Gasteiger partial charge in [-0.1, -0.05) is 43.0 Å². The lowest BCUT2D eigenvalue weighted by molar-refractivity contribution is 0.284. The largest absolute Gasteiger partial charge is 0.493 e. The molecule has 8 heteroatoms. The first-order valence-corrected chi connectivity index (χ1v) is 11.2. The van der Waals surface area contributed by atoms with Gasteiger partial charge in [0, 0.05) is 10.9 Å². The first-order valence-electron chi connectivity index (χ1n) is 10.4. The van der Waals surface area contributed by atoms with E-state index in [4.69, 9.17) is 33.3 Å². The average Bonchev–Trinajstić information content (AvgIpc) is 3.17. The van der Waals surface area contributed by atoms with Gasteiger partial charge in [-0.05, 0) is 66.5 Å². The van der Waals surface area contributed by atoms with Crippen LogP contribution in [0.2, 0.25) is 5.02 Å². The summed E-state index contributed by atoms with van der Waals surface area (Å²) in [4.78, 5) is 0. The van der Waals surface area contributed by atoms with Gasteiger partial charge in [-0.2, -0.15) is 14.9 Å². The van der Waals surface area contributed by atoms with Crippen LogP contribution in [0.1, 0.15) is 55.0 Å². The number of halogens is 1. The first-order chi connectivity index (χ1) is 15.1. The first kappa shape index (κ1) is 21.6. The van der Waals surface area contributed by atoms with Crippen molar-refractivity contribution in [3.05, 3.63) is 69.2 Å². The molecule has 4 rings (SSSR count). The van der Waals surface area contributed by atoms with Gasteiger partial charge in [-0.15, -0.1) is 0 Å². The Balaban J connectivity index is 1.50. The molecule has 3 aromatic rings. The van der Waals surface area contributed by atoms with Crippen LogP contribution in [-0.4, -0.2) is 28.2 Å². The predicted molar refractivity (Wildman–Crippen MR) is 125 cm³/mol. The molecule has 0 bridgehead atoms. The summed E-state index contributed by atoms with van der Waals surface area (Å²) in [6.07, 6.45) is 7.75. The van der Waals surface area contributed by atoms with Crippen molar-refractivity contribution in [3.8, 4) is 11.5 Å². The topological polar surface area (TPSA) is 64.4 Å². The summed E-state index contributed by atoms with van der Waals surface area (Å²) in [5.74, 6) is 2.60. The normalized spacial score (nSPS) is 14.8. The molecule has 1 saturated carbocycles. The number of aromatic nitrogens is 3. The Morgan fingerprint density at radius 1 is 1.19 bits per heavy atom. The maximum Gasteiger partial charge on any atom is 0.216 e. The number of H-pyrrole nitrogens is 1. The number of hydrogen-bond acceptors (Lipinski definition) is 5. The maximum atomic E-state index is 6.04. The molecular weight excluding hydrogens is 432 g/mol. The van der Waals surface area contributed by atoms with Crippen molar-refractivity contribution in [2.45, 2.75) is 44.6 Å². The maximum absolute atomic E-state index is 6.04. The molecule has 0 amide bonds. The fourth-order valence-electron chi connectivity index (χ4n) is 3.84. The molecule has 0 aliphatic heterocycles. The molecule has 162 valence electrons. The number of nitrogens with one attached hydrogen (secondary N) is 1. The fraction of sp³-hybridized carbons (Fsp3) is 0.348. The van der Waals surface area contributed by atoms with E-state index in [-0.39, 0.29) is 0 Å². The van der Waals surface area contributed by atoms with E-state index in [2.05, 4.69) is 15.3 Å². The van der Waals surface area contributed by atoms with E-state index in [0.717, 1.165) is 29.8 Å². The van der Waals surface area contributed by atoms with Crippen LogP contribution >= 0.6 is 23.8 Å². The Morgan fingerprint density at radius 3 is 2.81 bits per heavy atom. The molecule has 1 heterocycles. The molecule has 6 nitrogen and oxygen atoms in total. The fourth-order valence-corrected chi connectivity index (χ4v) is 4.24. The van der Waals surface area contributed by atoms with Crippen LogP contribution in [0.4, 0.5) is 0 Å². The van der Waals surface area contributed by atoms with Gasteiger partial charge in [0.1, 0.15) is 6.61 Å². The quantitative estimate of drug-likeness (QED) is 0.344. The number of aromatic amines is 1. The molecule has 1 N–H and O–H groups in total. The second kappa shape index (κ2) is 10.1. The van der Waals surface area contributed by atoms with Crippen LogP contribution in [0, 0.1) is 4.77 Å². The van der Waals surface area contributed by atoms with Crippen LogP contribution < -0.4 is 9.47 Å². The predicted octanol–water partition coefficient (Wildman–Crippen LogP) is 6.11. The Kier molecular flexibility index (Phi) is 7.04. The van der Waals surface area contributed by atoms with E-state index in [0.29, 0.717) is 33.8 Å². The average molecular weight is 457 g/mol. The van der Waals surface area contributed by atoms with E-state index >= 15 is 0 Å². The lowest BCUT2D eigenvalue weighted by atomic mass is 9.89. The van der Waals surface area contributed by atoms with E-state index < -0.39 is 0 Å². The number of methoxy groups -OCH3 is 1. The minimum atomic E-state index is 0.399. The molecular formula is C23H25ClN4O2S. The molecule has 2 aromatic carbocycles. The number of benzene rings is 2. The van der Waals surface area contributed by atoms with Gasteiger partial charge in [0.25, 0.3) is 0 Å². The van der Waals surface area contributed by atoms with Gasteiger partial charge in [-0.25, -0.2) is 0 Å². The van der Waals surface area contributed by atoms with Crippen molar-refractivity contribution in [1.82, 2.24) is 14.9 Å². The monoisotopic (exact) mass is 456 g/mol. The third kappa shape index (κ3) is 5.35. The summed E-state index contributed by atoms with van der Waals surface area (Å²) in [5.41, 5.74) is 1.87. The Hall–Kier alpha value is -2.64. The summed E-state index contributed by atoms with van der Waals surface area (Å²) < 4.78 is 13.7. The Bertz CT molecular complexity index is 1120. The van der Waals surface area contributed by atoms with Gasteiger partial charge >= 0.3 is 0 Å². The summed E-state index contributed by atoms with van der Waals surface area (Å²) in [5, 5.41) is 12.6. The van der Waals surface area contributed by atoms with Crippen LogP contribution in [0.15, 0.2) is 47.6 Å². The SMILES string of the molecule is COc1cc(/C=N\n2c(C3CCCCC3)n[nH]c2=S)ccc1OCc1cccc(Cl)c1. The van der Waals surface area contributed by atoms with Crippen molar-refractivity contribution in [2.75, 3.05) is 7.11 Å². The number of ether oxygens (including phenoxy) is 2. The highest BCUT2D eigenvalue weighted by molar-refractivity contribution is 7.71. The summed E-state index contributed by atoms with van der Waals surface area (Å²) in [6, 6.07) is 13.3. The van der Waals surface area contributed by atoms with Crippen molar-refractivity contribution in [2.24, 2.45) is 5.10 Å². The molecule has 0 radical (unpaired) electrons. The molecule has 31 heavy (non-hydrogen) atoms. The van der Waals surface area contributed by atoms with Crippen molar-refractivity contribution in [1.29, 1.82) is 0 Å². The highest BCUT2D eigenvalue weighted by Gasteiger charge is 2.21. The standard InChI is InChI=1S/C23H25ClN4O2S/c1-29-21-13-16(10-11-20(21)30-15-17-6-5-9-19(24)12-17)14-25-28-22(26-27-23(28)31)18-7-3-2-4-8-18/h5-6,9-14,18H,2-4,7-8,15H2,1H3,(H,27,31)/b25-14-. The smallest absolute Gasteiger partial charge is 0.216 e. The minimum absolute atomic E-state index is 0.399. The Labute approximate surface area is 191 Å². The molecule has 1 aliphatic carbocycles. The molecule has 0 atom stereocenters. The third-order valence-corrected chi connectivity index (χ3v) is 5.94. The summed E-state index contributed by atoms with van der Waals surface area (Å²) >= 11 is 11.4. The summed E-state index contributed by atoms with van der Waals surface area (Å²) in [7, 11) is 1.62. The van der Waals surface area contributed by atoms with Crippen molar-refractivity contribution < 1.29 is 9.47 Å².